The van der Waals surface area contributed by atoms with Gasteiger partial charge in [-0.25, -0.2) is 0 Å². The van der Waals surface area contributed by atoms with Crippen molar-refractivity contribution in [3.05, 3.63) is 71.8 Å². The van der Waals surface area contributed by atoms with Crippen LogP contribution in [0.15, 0.2) is 60.7 Å². The fraction of sp³-hybridized carbons (Fsp3) is 0.318. The molecule has 0 bridgehead atoms. The molecule has 1 saturated heterocycles. The molecule has 136 valence electrons. The maximum Gasteiger partial charge on any atom is 0.318 e. The fourth-order valence-electron chi connectivity index (χ4n) is 3.24. The van der Waals surface area contributed by atoms with E-state index in [0.29, 0.717) is 0 Å². The predicted molar refractivity (Wildman–Crippen MR) is 98.3 cm³/mol. The highest BCUT2D eigenvalue weighted by molar-refractivity contribution is 5.82. The maximum atomic E-state index is 12.7. The Balaban J connectivity index is 0.00000243. The molecule has 3 rings (SSSR count). The number of carbonyl (C=O) groups is 1. The molecule has 0 saturated carbocycles. The zero-order valence-electron chi connectivity index (χ0n) is 14.8. The SMILES string of the molecule is O=C(OCC#CC[NH+]1CCCC1)C(c1ccccc1)c1ccccc1.[Cl-]. The van der Waals surface area contributed by atoms with Gasteiger partial charge >= 0.3 is 5.97 Å². The van der Waals surface area contributed by atoms with Crippen LogP contribution in [0.1, 0.15) is 29.9 Å². The predicted octanol–water partition coefficient (Wildman–Crippen LogP) is -0.952. The van der Waals surface area contributed by atoms with E-state index in [0.717, 1.165) is 17.7 Å². The molecule has 0 unspecified atom stereocenters. The lowest BCUT2D eigenvalue weighted by Gasteiger charge is -2.16. The Labute approximate surface area is 161 Å². The van der Waals surface area contributed by atoms with Crippen molar-refractivity contribution in [2.45, 2.75) is 18.8 Å². The summed E-state index contributed by atoms with van der Waals surface area (Å²) in [5, 5.41) is 0. The Morgan fingerprint density at radius 3 is 2.00 bits per heavy atom. The summed E-state index contributed by atoms with van der Waals surface area (Å²) in [6, 6.07) is 19.5. The van der Waals surface area contributed by atoms with Gasteiger partial charge in [0.1, 0.15) is 12.5 Å². The summed E-state index contributed by atoms with van der Waals surface area (Å²) in [5.41, 5.74) is 1.88. The molecule has 1 N–H and O–H groups in total. The molecule has 2 aromatic rings. The molecule has 0 atom stereocenters. The first kappa shape index (κ1) is 20.0. The third-order valence-corrected chi connectivity index (χ3v) is 4.56. The van der Waals surface area contributed by atoms with E-state index in [1.807, 2.05) is 60.7 Å². The second-order valence-electron chi connectivity index (χ2n) is 6.35. The minimum absolute atomic E-state index is 0. The normalized spacial score (nSPS) is 13.6. The van der Waals surface area contributed by atoms with E-state index in [-0.39, 0.29) is 25.0 Å². The molecule has 1 heterocycles. The van der Waals surface area contributed by atoms with Gasteiger partial charge in [0.05, 0.1) is 13.1 Å². The second-order valence-corrected chi connectivity index (χ2v) is 6.35. The molecule has 0 amide bonds. The summed E-state index contributed by atoms with van der Waals surface area (Å²) >= 11 is 0. The lowest BCUT2D eigenvalue weighted by atomic mass is 9.91. The molecule has 0 aliphatic carbocycles. The van der Waals surface area contributed by atoms with Gasteiger partial charge in [-0.3, -0.25) is 4.79 Å². The van der Waals surface area contributed by atoms with E-state index < -0.39 is 5.92 Å². The van der Waals surface area contributed by atoms with Crippen LogP contribution in [0.4, 0.5) is 0 Å². The van der Waals surface area contributed by atoms with E-state index in [1.54, 1.807) is 0 Å². The number of nitrogens with one attached hydrogen (secondary N) is 1. The summed E-state index contributed by atoms with van der Waals surface area (Å²) in [5.74, 6) is 5.47. The number of carbonyl (C=O) groups excluding carboxylic acids is 1. The van der Waals surface area contributed by atoms with Crippen molar-refractivity contribution in [3.63, 3.8) is 0 Å². The highest BCUT2D eigenvalue weighted by atomic mass is 35.5. The molecule has 26 heavy (non-hydrogen) atoms. The standard InChI is InChI=1S/C22H23NO2.ClH/c24-22(25-18-10-9-17-23-15-7-8-16-23)21(19-11-3-1-4-12-19)20-13-5-2-6-14-20;/h1-6,11-14,21H,7-8,15-18H2;1H. The van der Waals surface area contributed by atoms with Crippen molar-refractivity contribution >= 4 is 5.97 Å². The molecular weight excluding hydrogens is 346 g/mol. The van der Waals surface area contributed by atoms with Gasteiger partial charge in [-0.2, -0.15) is 0 Å². The summed E-state index contributed by atoms with van der Waals surface area (Å²) < 4.78 is 5.46. The van der Waals surface area contributed by atoms with Crippen LogP contribution >= 0.6 is 0 Å². The fourth-order valence-corrected chi connectivity index (χ4v) is 3.24. The van der Waals surface area contributed by atoms with E-state index in [9.17, 15) is 4.79 Å². The van der Waals surface area contributed by atoms with Crippen molar-refractivity contribution in [2.24, 2.45) is 0 Å². The average molecular weight is 370 g/mol. The van der Waals surface area contributed by atoms with Gasteiger partial charge < -0.3 is 22.0 Å². The summed E-state index contributed by atoms with van der Waals surface area (Å²) in [6.45, 7) is 3.41. The third kappa shape index (κ3) is 5.62. The number of likely N-dealkylation sites (tertiary alicyclic amines) is 1. The number of ether oxygens (including phenoxy) is 1. The van der Waals surface area contributed by atoms with Crippen molar-refractivity contribution in [3.8, 4) is 11.8 Å². The Morgan fingerprint density at radius 2 is 1.46 bits per heavy atom. The molecule has 3 nitrogen and oxygen atoms in total. The van der Waals surface area contributed by atoms with Crippen LogP contribution in [0.3, 0.4) is 0 Å². The van der Waals surface area contributed by atoms with Gasteiger partial charge in [0.15, 0.2) is 6.61 Å². The summed E-state index contributed by atoms with van der Waals surface area (Å²) in [4.78, 5) is 14.2. The van der Waals surface area contributed by atoms with E-state index in [4.69, 9.17) is 4.74 Å². The minimum Gasteiger partial charge on any atom is -1.00 e. The van der Waals surface area contributed by atoms with Crippen LogP contribution in [0.5, 0.6) is 0 Å². The number of benzene rings is 2. The largest absolute Gasteiger partial charge is 1.00 e. The highest BCUT2D eigenvalue weighted by Gasteiger charge is 2.23. The molecule has 4 heteroatoms. The Bertz CT molecular complexity index is 691. The molecular formula is C22H24ClNO2. The van der Waals surface area contributed by atoms with Gasteiger partial charge in [-0.05, 0) is 17.0 Å². The minimum atomic E-state index is -0.409. The number of quaternary nitrogens is 1. The quantitative estimate of drug-likeness (QED) is 0.544. The van der Waals surface area contributed by atoms with Crippen LogP contribution in [0.25, 0.3) is 0 Å². The first-order valence-corrected chi connectivity index (χ1v) is 8.90. The Kier molecular flexibility index (Phi) is 8.21. The van der Waals surface area contributed by atoms with Crippen molar-refractivity contribution < 1.29 is 26.8 Å². The number of hydrogen-bond acceptors (Lipinski definition) is 2. The third-order valence-electron chi connectivity index (χ3n) is 4.56. The molecule has 0 spiro atoms. The molecule has 0 radical (unpaired) electrons. The highest BCUT2D eigenvalue weighted by Crippen LogP contribution is 2.25. The van der Waals surface area contributed by atoms with Crippen LogP contribution in [-0.4, -0.2) is 32.2 Å². The topological polar surface area (TPSA) is 30.7 Å². The van der Waals surface area contributed by atoms with Gasteiger partial charge in [0.25, 0.3) is 0 Å². The molecule has 1 aliphatic heterocycles. The van der Waals surface area contributed by atoms with Gasteiger partial charge in [-0.1, -0.05) is 66.6 Å². The molecule has 1 fully saturated rings. The summed E-state index contributed by atoms with van der Waals surface area (Å²) in [7, 11) is 0. The van der Waals surface area contributed by atoms with E-state index in [2.05, 4.69) is 11.8 Å². The van der Waals surface area contributed by atoms with E-state index in [1.165, 1.54) is 30.8 Å². The van der Waals surface area contributed by atoms with Gasteiger partial charge in [0.2, 0.25) is 0 Å². The van der Waals surface area contributed by atoms with E-state index >= 15 is 0 Å². The molecule has 1 aliphatic rings. The second kappa shape index (κ2) is 10.7. The monoisotopic (exact) mass is 369 g/mol. The number of halogens is 1. The van der Waals surface area contributed by atoms with Crippen LogP contribution in [0, 0.1) is 11.8 Å². The lowest BCUT2D eigenvalue weighted by Crippen LogP contribution is -3.09. The number of hydrogen-bond donors (Lipinski definition) is 1. The first-order valence-electron chi connectivity index (χ1n) is 8.90. The van der Waals surface area contributed by atoms with Crippen LogP contribution < -0.4 is 17.3 Å². The number of rotatable bonds is 5. The Hall–Kier alpha value is -2.28. The van der Waals surface area contributed by atoms with Gasteiger partial charge in [0, 0.05) is 12.8 Å². The molecule has 0 aromatic heterocycles. The maximum absolute atomic E-state index is 12.7. The Morgan fingerprint density at radius 1 is 0.923 bits per heavy atom. The number of esters is 1. The average Bonchev–Trinajstić information content (AvgIpc) is 3.17. The zero-order valence-corrected chi connectivity index (χ0v) is 15.5. The smallest absolute Gasteiger partial charge is 0.318 e. The first-order chi connectivity index (χ1) is 12.3. The van der Waals surface area contributed by atoms with Crippen LogP contribution in [0.2, 0.25) is 0 Å². The van der Waals surface area contributed by atoms with Crippen molar-refractivity contribution in [1.82, 2.24) is 0 Å². The van der Waals surface area contributed by atoms with Crippen molar-refractivity contribution in [1.29, 1.82) is 0 Å². The zero-order chi connectivity index (χ0) is 17.3. The van der Waals surface area contributed by atoms with Crippen LogP contribution in [-0.2, 0) is 9.53 Å². The van der Waals surface area contributed by atoms with Gasteiger partial charge in [-0.15, -0.1) is 0 Å². The molecule has 2 aromatic carbocycles. The van der Waals surface area contributed by atoms with Crippen molar-refractivity contribution in [2.75, 3.05) is 26.2 Å². The summed E-state index contributed by atoms with van der Waals surface area (Å²) in [6.07, 6.45) is 2.59. The lowest BCUT2D eigenvalue weighted by molar-refractivity contribution is -0.879.